The Balaban J connectivity index is 1.61. The maximum Gasteiger partial charge on any atom is 0.351 e. The summed E-state index contributed by atoms with van der Waals surface area (Å²) >= 11 is 6.51. The van der Waals surface area contributed by atoms with E-state index in [0.717, 1.165) is 16.7 Å². The summed E-state index contributed by atoms with van der Waals surface area (Å²) in [5.41, 5.74) is 0.683. The van der Waals surface area contributed by atoms with E-state index in [1.54, 1.807) is 14.2 Å². The summed E-state index contributed by atoms with van der Waals surface area (Å²) < 4.78 is 41.6. The zero-order chi connectivity index (χ0) is 40.4. The van der Waals surface area contributed by atoms with Gasteiger partial charge in [-0.2, -0.15) is 10.2 Å². The van der Waals surface area contributed by atoms with Crippen LogP contribution in [-0.2, 0) is 28.9 Å². The number of ether oxygens (including phenoxy) is 4. The number of aromatic nitrogens is 2. The van der Waals surface area contributed by atoms with Gasteiger partial charge in [-0.1, -0.05) is 66.2 Å². The lowest BCUT2D eigenvalue weighted by Crippen LogP contribution is -2.39. The van der Waals surface area contributed by atoms with Crippen molar-refractivity contribution in [3.63, 3.8) is 0 Å². The Morgan fingerprint density at radius 2 is 1.57 bits per heavy atom. The molecule has 0 aliphatic carbocycles. The minimum atomic E-state index is -1.71. The molecule has 4 aromatic rings. The molecule has 2 heterocycles. The second-order valence-electron chi connectivity index (χ2n) is 13.7. The van der Waals surface area contributed by atoms with Crippen LogP contribution in [0.1, 0.15) is 70.4 Å². The van der Waals surface area contributed by atoms with Crippen molar-refractivity contribution in [2.75, 3.05) is 32.8 Å². The number of anilines is 1. The summed E-state index contributed by atoms with van der Waals surface area (Å²) in [6.45, 7) is 9.71. The molecule has 1 aliphatic rings. The first-order valence-electron chi connectivity index (χ1n) is 18.4. The third kappa shape index (κ3) is 9.94. The quantitative estimate of drug-likeness (QED) is 0.0597. The lowest BCUT2D eigenvalue weighted by molar-refractivity contribution is -0.114. The number of amides is 1. The molecule has 1 unspecified atom stereocenters. The number of carbonyl (C=O) groups is 1. The highest BCUT2D eigenvalue weighted by molar-refractivity contribution is 7.44. The molecule has 3 aromatic carbocycles. The summed E-state index contributed by atoms with van der Waals surface area (Å²) in [6, 6.07) is 27.5. The molecule has 0 bridgehead atoms. The van der Waals surface area contributed by atoms with Gasteiger partial charge in [0.15, 0.2) is 5.82 Å². The van der Waals surface area contributed by atoms with Crippen LogP contribution in [0.5, 0.6) is 11.5 Å². The lowest BCUT2D eigenvalue weighted by Gasteiger charge is -2.39. The van der Waals surface area contributed by atoms with E-state index in [1.165, 1.54) is 17.7 Å². The molecule has 13 nitrogen and oxygen atoms in total. The minimum Gasteiger partial charge on any atom is -0.497 e. The lowest BCUT2D eigenvalue weighted by atomic mass is 9.80. The first kappa shape index (κ1) is 42.8. The van der Waals surface area contributed by atoms with Crippen LogP contribution >= 0.6 is 20.1 Å². The fraction of sp³-hybridized carbons (Fsp3) is 0.415. The third-order valence-electron chi connectivity index (χ3n) is 9.22. The third-order valence-corrected chi connectivity index (χ3v) is 11.6. The van der Waals surface area contributed by atoms with Gasteiger partial charge in [0.2, 0.25) is 5.91 Å². The fourth-order valence-electron chi connectivity index (χ4n) is 6.73. The van der Waals surface area contributed by atoms with Crippen LogP contribution in [0.15, 0.2) is 89.9 Å². The molecule has 4 atom stereocenters. The molecule has 1 fully saturated rings. The van der Waals surface area contributed by atoms with Crippen molar-refractivity contribution in [2.24, 2.45) is 0 Å². The highest BCUT2D eigenvalue weighted by Gasteiger charge is 2.45. The van der Waals surface area contributed by atoms with E-state index in [9.17, 15) is 14.9 Å². The Kier molecular flexibility index (Phi) is 15.0. The molecule has 56 heavy (non-hydrogen) atoms. The average molecular weight is 806 g/mol. The number of halogens is 1. The van der Waals surface area contributed by atoms with Gasteiger partial charge in [0.1, 0.15) is 29.4 Å². The van der Waals surface area contributed by atoms with E-state index in [0.29, 0.717) is 11.5 Å². The van der Waals surface area contributed by atoms with Crippen molar-refractivity contribution < 1.29 is 32.8 Å². The van der Waals surface area contributed by atoms with Gasteiger partial charge in [-0.3, -0.25) is 9.36 Å². The van der Waals surface area contributed by atoms with Gasteiger partial charge in [-0.05, 0) is 68.7 Å². The van der Waals surface area contributed by atoms with E-state index in [2.05, 4.69) is 48.7 Å². The van der Waals surface area contributed by atoms with Crippen molar-refractivity contribution in [3.8, 4) is 17.6 Å². The Morgan fingerprint density at radius 3 is 2.09 bits per heavy atom. The van der Waals surface area contributed by atoms with Gasteiger partial charge in [-0.25, -0.2) is 9.46 Å². The molecular formula is C41H49ClN5O8P. The summed E-state index contributed by atoms with van der Waals surface area (Å²) in [5.74, 6) is 0.914. The van der Waals surface area contributed by atoms with Crippen molar-refractivity contribution in [2.45, 2.75) is 83.6 Å². The highest BCUT2D eigenvalue weighted by Crippen LogP contribution is 2.51. The van der Waals surface area contributed by atoms with Gasteiger partial charge in [0, 0.05) is 31.6 Å². The molecule has 1 N–H and O–H groups in total. The predicted octanol–water partition coefficient (Wildman–Crippen LogP) is 7.83. The zero-order valence-corrected chi connectivity index (χ0v) is 34.3. The maximum absolute atomic E-state index is 13.4. The van der Waals surface area contributed by atoms with Crippen LogP contribution in [-0.4, -0.2) is 71.9 Å². The van der Waals surface area contributed by atoms with Gasteiger partial charge in [0.25, 0.3) is 8.53 Å². The van der Waals surface area contributed by atoms with E-state index in [4.69, 9.17) is 39.6 Å². The molecule has 1 amide bonds. The number of hydrogen-bond donors (Lipinski definition) is 1. The Hall–Kier alpha value is -4.38. The standard InChI is InChI=1S/C41H49ClN5O8P/c1-27(2)47(28(3)4)56(53-23-11-22-43)55-36-24-38(46-25-35(42)39(44-29(5)48)45-40(46)49)54-37(36)26-52-41(30-12-9-8-10-13-30,31-14-18-33(50-6)19-15-31)32-16-20-34(51-7)21-17-32/h8-10,12-21,25,27-28,36-38H,11,23-24,26H2,1-7H3,(H,44,45,48,49)/t36-,37+,38+,56?/m0/s1. The van der Waals surface area contributed by atoms with Crippen LogP contribution in [0.2, 0.25) is 5.02 Å². The predicted molar refractivity (Wildman–Crippen MR) is 215 cm³/mol. The molecule has 1 aromatic heterocycles. The SMILES string of the molecule is COc1ccc(C(OC[C@H]2O[C@@H](n3cc(Cl)c(NC(C)=O)nc3=O)C[C@@H]2OP(OCCC#N)N(C(C)C)C(C)C)(c2ccccc2)c2ccc(OC)cc2)cc1. The molecule has 0 spiro atoms. The number of carbonyl (C=O) groups excluding carboxylic acids is 1. The van der Waals surface area contributed by atoms with Crippen molar-refractivity contribution >= 4 is 31.9 Å². The number of nitrogens with zero attached hydrogens (tertiary/aromatic N) is 4. The van der Waals surface area contributed by atoms with Crippen molar-refractivity contribution in [3.05, 3.63) is 117 Å². The Morgan fingerprint density at radius 1 is 1.00 bits per heavy atom. The molecule has 0 saturated carbocycles. The molecule has 0 radical (unpaired) electrons. The second-order valence-corrected chi connectivity index (χ2v) is 15.5. The molecule has 1 saturated heterocycles. The number of methoxy groups -OCH3 is 2. The summed E-state index contributed by atoms with van der Waals surface area (Å²) in [6.07, 6.45) is -0.476. The average Bonchev–Trinajstić information content (AvgIpc) is 3.58. The number of rotatable bonds is 18. The molecule has 1 aliphatic heterocycles. The smallest absolute Gasteiger partial charge is 0.351 e. The van der Waals surface area contributed by atoms with Crippen LogP contribution in [0.4, 0.5) is 5.82 Å². The van der Waals surface area contributed by atoms with E-state index in [-0.39, 0.29) is 49.0 Å². The minimum absolute atomic E-state index is 0.00126. The fourth-order valence-corrected chi connectivity index (χ4v) is 8.68. The monoisotopic (exact) mass is 805 g/mol. The van der Waals surface area contributed by atoms with Gasteiger partial charge in [-0.15, -0.1) is 0 Å². The van der Waals surface area contributed by atoms with Crippen molar-refractivity contribution in [1.29, 1.82) is 5.26 Å². The summed E-state index contributed by atoms with van der Waals surface area (Å²) in [7, 11) is 1.53. The molecule has 298 valence electrons. The zero-order valence-electron chi connectivity index (χ0n) is 32.7. The number of hydrogen-bond acceptors (Lipinski definition) is 11. The topological polar surface area (TPSA) is 146 Å². The van der Waals surface area contributed by atoms with E-state index >= 15 is 0 Å². The summed E-state index contributed by atoms with van der Waals surface area (Å²) in [5, 5.41) is 11.9. The number of nitriles is 1. The number of nitrogens with one attached hydrogen (secondary N) is 1. The number of benzene rings is 3. The van der Waals surface area contributed by atoms with Gasteiger partial charge in [0.05, 0.1) is 51.1 Å². The van der Waals surface area contributed by atoms with E-state index in [1.807, 2.05) is 78.9 Å². The molecular weight excluding hydrogens is 757 g/mol. The first-order valence-corrected chi connectivity index (χ1v) is 19.9. The molecule has 15 heteroatoms. The van der Waals surface area contributed by atoms with Crippen LogP contribution in [0.3, 0.4) is 0 Å². The van der Waals surface area contributed by atoms with Crippen LogP contribution < -0.4 is 20.5 Å². The van der Waals surface area contributed by atoms with Crippen LogP contribution in [0, 0.1) is 11.3 Å². The van der Waals surface area contributed by atoms with Crippen molar-refractivity contribution in [1.82, 2.24) is 14.2 Å². The van der Waals surface area contributed by atoms with Gasteiger partial charge >= 0.3 is 5.69 Å². The van der Waals surface area contributed by atoms with E-state index < -0.39 is 44.2 Å². The largest absolute Gasteiger partial charge is 0.497 e. The summed E-state index contributed by atoms with van der Waals surface area (Å²) in [4.78, 5) is 29.2. The normalized spacial score (nSPS) is 17.6. The maximum atomic E-state index is 13.4. The molecule has 5 rings (SSSR count). The highest BCUT2D eigenvalue weighted by atomic mass is 35.5. The Labute approximate surface area is 334 Å². The Bertz CT molecular complexity index is 1940. The first-order chi connectivity index (χ1) is 26.9. The second kappa shape index (κ2) is 19.7. The van der Waals surface area contributed by atoms with Crippen LogP contribution in [0.25, 0.3) is 0 Å². The van der Waals surface area contributed by atoms with Gasteiger partial charge < -0.3 is 33.3 Å².